The molecule has 0 radical (unpaired) electrons. The van der Waals surface area contributed by atoms with Gasteiger partial charge in [-0.1, -0.05) is 0 Å². The third kappa shape index (κ3) is 3.83. The first-order valence-electron chi connectivity index (χ1n) is 9.20. The van der Waals surface area contributed by atoms with Gasteiger partial charge in [-0.3, -0.25) is 9.89 Å². The molecule has 1 saturated heterocycles. The third-order valence-electron chi connectivity index (χ3n) is 4.98. The van der Waals surface area contributed by atoms with Crippen molar-refractivity contribution in [3.63, 3.8) is 0 Å². The lowest BCUT2D eigenvalue weighted by Gasteiger charge is -2.34. The SMILES string of the molecule is O=C(c1cn[nH]c1-c1ccc(F)cc1)N1CCN(S(=O)(=O)c2ccc(F)cc2)CC1. The summed E-state index contributed by atoms with van der Waals surface area (Å²) in [7, 11) is -3.76. The van der Waals surface area contributed by atoms with Gasteiger partial charge in [-0.05, 0) is 48.5 Å². The molecule has 0 aliphatic carbocycles. The maximum Gasteiger partial charge on any atom is 0.257 e. The van der Waals surface area contributed by atoms with E-state index in [0.29, 0.717) is 16.8 Å². The van der Waals surface area contributed by atoms with Gasteiger partial charge >= 0.3 is 0 Å². The summed E-state index contributed by atoms with van der Waals surface area (Å²) >= 11 is 0. The molecule has 30 heavy (non-hydrogen) atoms. The molecule has 3 aromatic rings. The molecule has 1 aromatic heterocycles. The Bertz CT molecular complexity index is 1150. The van der Waals surface area contributed by atoms with Crippen LogP contribution in [-0.2, 0) is 10.0 Å². The highest BCUT2D eigenvalue weighted by Crippen LogP contribution is 2.24. The molecule has 1 aliphatic rings. The normalized spacial score (nSPS) is 15.3. The van der Waals surface area contributed by atoms with Crippen molar-refractivity contribution in [2.45, 2.75) is 4.90 Å². The van der Waals surface area contributed by atoms with E-state index < -0.39 is 15.8 Å². The molecule has 2 aromatic carbocycles. The van der Waals surface area contributed by atoms with Gasteiger partial charge in [-0.15, -0.1) is 0 Å². The number of sulfonamides is 1. The van der Waals surface area contributed by atoms with Crippen molar-refractivity contribution in [2.24, 2.45) is 0 Å². The number of amides is 1. The Balaban J connectivity index is 1.47. The van der Waals surface area contributed by atoms with Crippen molar-refractivity contribution in [3.05, 3.63) is 71.9 Å². The smallest absolute Gasteiger partial charge is 0.257 e. The Kier molecular flexibility index (Phi) is 5.35. The van der Waals surface area contributed by atoms with Crippen molar-refractivity contribution in [1.29, 1.82) is 0 Å². The summed E-state index contributed by atoms with van der Waals surface area (Å²) < 4.78 is 53.0. The average molecular weight is 432 g/mol. The topological polar surface area (TPSA) is 86.4 Å². The van der Waals surface area contributed by atoms with Gasteiger partial charge in [0.2, 0.25) is 10.0 Å². The predicted molar refractivity (Wildman–Crippen MR) is 105 cm³/mol. The van der Waals surface area contributed by atoms with E-state index in [9.17, 15) is 22.0 Å². The zero-order chi connectivity index (χ0) is 21.3. The number of nitrogens with one attached hydrogen (secondary N) is 1. The second-order valence-electron chi connectivity index (χ2n) is 6.82. The molecule has 1 aliphatic heterocycles. The van der Waals surface area contributed by atoms with E-state index >= 15 is 0 Å². The van der Waals surface area contributed by atoms with Crippen molar-refractivity contribution in [3.8, 4) is 11.3 Å². The molecule has 4 rings (SSSR count). The molecule has 156 valence electrons. The molecule has 0 bridgehead atoms. The molecular formula is C20H18F2N4O3S. The molecule has 0 unspecified atom stereocenters. The van der Waals surface area contributed by atoms with Crippen LogP contribution >= 0.6 is 0 Å². The maximum atomic E-state index is 13.2. The predicted octanol–water partition coefficient (Wildman–Crippen LogP) is 2.50. The molecule has 10 heteroatoms. The number of halogens is 2. The summed E-state index contributed by atoms with van der Waals surface area (Å²) in [5, 5.41) is 6.70. The lowest BCUT2D eigenvalue weighted by molar-refractivity contribution is 0.0698. The van der Waals surface area contributed by atoms with E-state index in [1.54, 1.807) is 17.0 Å². The van der Waals surface area contributed by atoms with Crippen molar-refractivity contribution >= 4 is 15.9 Å². The van der Waals surface area contributed by atoms with E-state index in [1.807, 2.05) is 0 Å². The number of carbonyl (C=O) groups excluding carboxylic acids is 1. The van der Waals surface area contributed by atoms with Crippen molar-refractivity contribution < 1.29 is 22.0 Å². The summed E-state index contributed by atoms with van der Waals surface area (Å²) in [6.07, 6.45) is 1.41. The molecule has 0 atom stereocenters. The molecule has 1 amide bonds. The number of carbonyl (C=O) groups is 1. The third-order valence-corrected chi connectivity index (χ3v) is 6.89. The van der Waals surface area contributed by atoms with Crippen molar-refractivity contribution in [2.75, 3.05) is 26.2 Å². The monoisotopic (exact) mass is 432 g/mol. The van der Waals surface area contributed by atoms with Crippen LogP contribution in [0.2, 0.25) is 0 Å². The Morgan fingerprint density at radius 2 is 1.47 bits per heavy atom. The van der Waals surface area contributed by atoms with Crippen LogP contribution < -0.4 is 0 Å². The molecule has 2 heterocycles. The standard InChI is InChI=1S/C20H18F2N4O3S/c21-15-3-1-14(2-4-15)19-18(13-23-24-19)20(27)25-9-11-26(12-10-25)30(28,29)17-7-5-16(22)6-8-17/h1-8,13H,9-12H2,(H,23,24). The van der Waals surface area contributed by atoms with Crippen LogP contribution in [0, 0.1) is 11.6 Å². The van der Waals surface area contributed by atoms with Gasteiger partial charge in [0.05, 0.1) is 22.3 Å². The molecule has 1 N–H and O–H groups in total. The first kappa shape index (κ1) is 20.2. The van der Waals surface area contributed by atoms with Gasteiger partial charge < -0.3 is 4.90 Å². The van der Waals surface area contributed by atoms with Crippen LogP contribution in [0.4, 0.5) is 8.78 Å². The van der Waals surface area contributed by atoms with Crippen LogP contribution in [0.15, 0.2) is 59.6 Å². The molecule has 0 spiro atoms. The van der Waals surface area contributed by atoms with Gasteiger partial charge in [0.25, 0.3) is 5.91 Å². The summed E-state index contributed by atoms with van der Waals surface area (Å²) in [5.74, 6) is -1.19. The lowest BCUT2D eigenvalue weighted by atomic mass is 10.1. The Hall–Kier alpha value is -3.11. The number of piperazine rings is 1. The highest BCUT2D eigenvalue weighted by Gasteiger charge is 2.31. The van der Waals surface area contributed by atoms with E-state index in [-0.39, 0.29) is 42.8 Å². The summed E-state index contributed by atoms with van der Waals surface area (Å²) in [4.78, 5) is 14.5. The van der Waals surface area contributed by atoms with Gasteiger partial charge in [-0.2, -0.15) is 9.40 Å². The minimum absolute atomic E-state index is 0.0112. The number of H-pyrrole nitrogens is 1. The summed E-state index contributed by atoms with van der Waals surface area (Å²) in [5.41, 5.74) is 1.42. The molecule has 7 nitrogen and oxygen atoms in total. The Morgan fingerprint density at radius 3 is 2.07 bits per heavy atom. The summed E-state index contributed by atoms with van der Waals surface area (Å²) in [6.45, 7) is 0.644. The fraction of sp³-hybridized carbons (Fsp3) is 0.200. The quantitative estimate of drug-likeness (QED) is 0.686. The van der Waals surface area contributed by atoms with Crippen LogP contribution in [-0.4, -0.2) is 59.9 Å². The number of aromatic nitrogens is 2. The Labute approximate surface area is 172 Å². The first-order valence-corrected chi connectivity index (χ1v) is 10.6. The van der Waals surface area contributed by atoms with Crippen LogP contribution in [0.1, 0.15) is 10.4 Å². The highest BCUT2D eigenvalue weighted by molar-refractivity contribution is 7.89. The number of benzene rings is 2. The Morgan fingerprint density at radius 1 is 0.900 bits per heavy atom. The van der Waals surface area contributed by atoms with Crippen molar-refractivity contribution in [1.82, 2.24) is 19.4 Å². The van der Waals surface area contributed by atoms with Crippen LogP contribution in [0.5, 0.6) is 0 Å². The number of aromatic amines is 1. The zero-order valence-corrected chi connectivity index (χ0v) is 16.6. The fourth-order valence-electron chi connectivity index (χ4n) is 3.34. The van der Waals surface area contributed by atoms with E-state index in [0.717, 1.165) is 12.1 Å². The van der Waals surface area contributed by atoms with Crippen LogP contribution in [0.25, 0.3) is 11.3 Å². The summed E-state index contributed by atoms with van der Waals surface area (Å²) in [6, 6.07) is 10.3. The van der Waals surface area contributed by atoms with Gasteiger partial charge in [-0.25, -0.2) is 17.2 Å². The molecule has 1 fully saturated rings. The minimum Gasteiger partial charge on any atom is -0.336 e. The largest absolute Gasteiger partial charge is 0.336 e. The zero-order valence-electron chi connectivity index (χ0n) is 15.8. The van der Waals surface area contributed by atoms with Gasteiger partial charge in [0.15, 0.2) is 0 Å². The number of rotatable bonds is 4. The van der Waals surface area contributed by atoms with E-state index in [1.165, 1.54) is 34.8 Å². The van der Waals surface area contributed by atoms with Crippen LogP contribution in [0.3, 0.4) is 0 Å². The number of hydrogen-bond acceptors (Lipinski definition) is 4. The number of nitrogens with zero attached hydrogens (tertiary/aromatic N) is 3. The first-order chi connectivity index (χ1) is 14.4. The van der Waals surface area contributed by atoms with E-state index in [2.05, 4.69) is 10.2 Å². The maximum absolute atomic E-state index is 13.2. The molecular weight excluding hydrogens is 414 g/mol. The lowest BCUT2D eigenvalue weighted by Crippen LogP contribution is -2.50. The minimum atomic E-state index is -3.76. The van der Waals surface area contributed by atoms with Gasteiger partial charge in [0.1, 0.15) is 11.6 Å². The second kappa shape index (κ2) is 7.96. The second-order valence-corrected chi connectivity index (χ2v) is 8.75. The number of hydrogen-bond donors (Lipinski definition) is 1. The average Bonchev–Trinajstić information content (AvgIpc) is 3.24. The highest BCUT2D eigenvalue weighted by atomic mass is 32.2. The molecule has 0 saturated carbocycles. The van der Waals surface area contributed by atoms with E-state index in [4.69, 9.17) is 0 Å². The fourth-order valence-corrected chi connectivity index (χ4v) is 4.76. The van der Waals surface area contributed by atoms with Gasteiger partial charge in [0, 0.05) is 31.7 Å².